The predicted octanol–water partition coefficient (Wildman–Crippen LogP) is 6.42. The van der Waals surface area contributed by atoms with Crippen LogP contribution in [0.3, 0.4) is 0 Å². The number of benzene rings is 1. The Bertz CT molecular complexity index is 700. The van der Waals surface area contributed by atoms with Crippen molar-refractivity contribution in [3.63, 3.8) is 0 Å². The Morgan fingerprint density at radius 2 is 1.90 bits per heavy atom. The molecule has 0 saturated carbocycles. The summed E-state index contributed by atoms with van der Waals surface area (Å²) in [7, 11) is 0. The van der Waals surface area contributed by atoms with E-state index in [1.54, 1.807) is 0 Å². The molecule has 0 N–H and O–H groups in total. The van der Waals surface area contributed by atoms with Crippen LogP contribution in [0.5, 0.6) is 10.8 Å². The third-order valence-corrected chi connectivity index (χ3v) is 5.14. The summed E-state index contributed by atoms with van der Waals surface area (Å²) in [5.41, 5.74) is 4.45. The topological polar surface area (TPSA) is 9.23 Å². The Morgan fingerprint density at radius 1 is 1.10 bits per heavy atom. The summed E-state index contributed by atoms with van der Waals surface area (Å²) in [6, 6.07) is 8.20. The van der Waals surface area contributed by atoms with Crippen LogP contribution in [0.25, 0.3) is 5.03 Å². The average molecular weight is 325 g/mol. The Morgan fingerprint density at radius 3 is 2.70 bits per heavy atom. The van der Waals surface area contributed by atoms with Gasteiger partial charge < -0.3 is 4.74 Å². The van der Waals surface area contributed by atoms with Crippen LogP contribution >= 0.6 is 34.5 Å². The largest absolute Gasteiger partial charge is 0.446 e. The third kappa shape index (κ3) is 2.60. The SMILES string of the molecule is CC1=C(Cl)c2cc(Cl)sc2Oc2cc(C)ccc2CC1. The minimum Gasteiger partial charge on any atom is -0.446 e. The first kappa shape index (κ1) is 14.0. The second-order valence-electron chi connectivity index (χ2n) is 5.06. The highest BCUT2D eigenvalue weighted by atomic mass is 35.5. The molecule has 0 radical (unpaired) electrons. The molecule has 104 valence electrons. The van der Waals surface area contributed by atoms with E-state index in [0.29, 0.717) is 4.34 Å². The molecule has 0 amide bonds. The second kappa shape index (κ2) is 5.44. The highest BCUT2D eigenvalue weighted by molar-refractivity contribution is 7.18. The zero-order valence-electron chi connectivity index (χ0n) is 11.3. The fourth-order valence-electron chi connectivity index (χ4n) is 2.30. The van der Waals surface area contributed by atoms with Crippen molar-refractivity contribution in [2.24, 2.45) is 0 Å². The molecular weight excluding hydrogens is 311 g/mol. The van der Waals surface area contributed by atoms with Gasteiger partial charge in [0.05, 0.1) is 9.37 Å². The molecule has 20 heavy (non-hydrogen) atoms. The van der Waals surface area contributed by atoms with E-state index in [-0.39, 0.29) is 0 Å². The van der Waals surface area contributed by atoms with Crippen LogP contribution in [0.15, 0.2) is 29.8 Å². The van der Waals surface area contributed by atoms with Gasteiger partial charge in [-0.15, -0.1) is 0 Å². The third-order valence-electron chi connectivity index (χ3n) is 3.47. The van der Waals surface area contributed by atoms with E-state index in [4.69, 9.17) is 27.9 Å². The van der Waals surface area contributed by atoms with E-state index in [9.17, 15) is 0 Å². The normalized spacial score (nSPS) is 14.8. The molecule has 1 aliphatic heterocycles. The maximum atomic E-state index is 6.48. The van der Waals surface area contributed by atoms with Gasteiger partial charge in [0.1, 0.15) is 5.75 Å². The molecule has 0 atom stereocenters. The van der Waals surface area contributed by atoms with E-state index in [1.807, 2.05) is 6.07 Å². The highest BCUT2D eigenvalue weighted by Crippen LogP contribution is 2.45. The minimum absolute atomic E-state index is 0.690. The lowest BCUT2D eigenvalue weighted by molar-refractivity contribution is 0.488. The average Bonchev–Trinajstić information content (AvgIpc) is 2.77. The molecule has 0 fully saturated rings. The van der Waals surface area contributed by atoms with Crippen molar-refractivity contribution in [3.05, 3.63) is 50.9 Å². The van der Waals surface area contributed by atoms with Gasteiger partial charge in [-0.2, -0.15) is 0 Å². The maximum absolute atomic E-state index is 6.48. The van der Waals surface area contributed by atoms with Crippen LogP contribution in [0.2, 0.25) is 4.34 Å². The lowest BCUT2D eigenvalue weighted by Crippen LogP contribution is -1.92. The number of ether oxygens (including phenoxy) is 1. The molecule has 0 bridgehead atoms. The smallest absolute Gasteiger partial charge is 0.191 e. The van der Waals surface area contributed by atoms with E-state index >= 15 is 0 Å². The Labute approximate surface area is 132 Å². The molecule has 2 aromatic rings. The van der Waals surface area contributed by atoms with Crippen LogP contribution in [0.1, 0.15) is 30.0 Å². The van der Waals surface area contributed by atoms with Crippen LogP contribution < -0.4 is 4.74 Å². The molecule has 4 heteroatoms. The first-order valence-corrected chi connectivity index (χ1v) is 8.04. The molecule has 3 rings (SSSR count). The quantitative estimate of drug-likeness (QED) is 0.543. The zero-order valence-corrected chi connectivity index (χ0v) is 13.6. The zero-order chi connectivity index (χ0) is 14.3. The van der Waals surface area contributed by atoms with Gasteiger partial charge in [-0.05, 0) is 49.9 Å². The highest BCUT2D eigenvalue weighted by Gasteiger charge is 2.19. The van der Waals surface area contributed by atoms with Crippen molar-refractivity contribution in [3.8, 4) is 10.8 Å². The van der Waals surface area contributed by atoms with Gasteiger partial charge in [-0.1, -0.05) is 52.2 Å². The number of fused-ring (bicyclic) bond motifs is 2. The minimum atomic E-state index is 0.690. The molecule has 0 spiro atoms. The second-order valence-corrected chi connectivity index (χ2v) is 7.08. The van der Waals surface area contributed by atoms with E-state index in [2.05, 4.69) is 32.0 Å². The number of hydrogen-bond acceptors (Lipinski definition) is 2. The van der Waals surface area contributed by atoms with Crippen molar-refractivity contribution >= 4 is 39.6 Å². The molecule has 1 aromatic carbocycles. The molecule has 0 saturated heterocycles. The van der Waals surface area contributed by atoms with Gasteiger partial charge in [-0.3, -0.25) is 0 Å². The molecular formula is C16H14Cl2OS. The van der Waals surface area contributed by atoms with E-state index < -0.39 is 0 Å². The molecule has 0 aliphatic carbocycles. The van der Waals surface area contributed by atoms with Crippen LogP contribution in [-0.4, -0.2) is 0 Å². The van der Waals surface area contributed by atoms with Crippen molar-refractivity contribution in [2.45, 2.75) is 26.7 Å². The van der Waals surface area contributed by atoms with Gasteiger partial charge in [0, 0.05) is 5.56 Å². The lowest BCUT2D eigenvalue weighted by Gasteiger charge is -2.10. The Hall–Kier alpha value is -0.960. The summed E-state index contributed by atoms with van der Waals surface area (Å²) in [6.07, 6.45) is 1.85. The van der Waals surface area contributed by atoms with Crippen LogP contribution in [0.4, 0.5) is 0 Å². The fourth-order valence-corrected chi connectivity index (χ4v) is 3.67. The predicted molar refractivity (Wildman–Crippen MR) is 87.4 cm³/mol. The standard InChI is InChI=1S/C16H14Cl2OS/c1-9-3-5-11-6-4-10(2)15(18)12-8-14(17)20-16(12)19-13(11)7-9/h3,5,7-8H,4,6H2,1-2H3. The first-order chi connectivity index (χ1) is 9.54. The summed E-state index contributed by atoms with van der Waals surface area (Å²) in [5, 5.41) is 1.53. The van der Waals surface area contributed by atoms with Gasteiger partial charge in [0.25, 0.3) is 0 Å². The summed E-state index contributed by atoms with van der Waals surface area (Å²) in [6.45, 7) is 4.13. The van der Waals surface area contributed by atoms with E-state index in [0.717, 1.165) is 34.3 Å². The molecule has 1 nitrogen and oxygen atoms in total. The Balaban J connectivity index is 2.17. The first-order valence-electron chi connectivity index (χ1n) is 6.47. The van der Waals surface area contributed by atoms with E-state index in [1.165, 1.54) is 28.0 Å². The van der Waals surface area contributed by atoms with Crippen molar-refractivity contribution in [1.29, 1.82) is 0 Å². The molecule has 1 aliphatic rings. The van der Waals surface area contributed by atoms with Crippen molar-refractivity contribution < 1.29 is 4.74 Å². The molecule has 0 unspecified atom stereocenters. The van der Waals surface area contributed by atoms with Crippen LogP contribution in [-0.2, 0) is 6.42 Å². The number of rotatable bonds is 0. The van der Waals surface area contributed by atoms with Crippen molar-refractivity contribution in [1.82, 2.24) is 0 Å². The van der Waals surface area contributed by atoms with Gasteiger partial charge in [0.15, 0.2) is 5.06 Å². The molecule has 2 heterocycles. The summed E-state index contributed by atoms with van der Waals surface area (Å²) >= 11 is 14.0. The number of halogens is 2. The summed E-state index contributed by atoms with van der Waals surface area (Å²) in [4.78, 5) is 0. The van der Waals surface area contributed by atoms with Gasteiger partial charge >= 0.3 is 0 Å². The number of hydrogen-bond donors (Lipinski definition) is 0. The molecule has 1 aromatic heterocycles. The van der Waals surface area contributed by atoms with Gasteiger partial charge in [0.2, 0.25) is 0 Å². The lowest BCUT2D eigenvalue weighted by atomic mass is 10.0. The summed E-state index contributed by atoms with van der Waals surface area (Å²) < 4.78 is 6.79. The monoisotopic (exact) mass is 324 g/mol. The maximum Gasteiger partial charge on any atom is 0.191 e. The fraction of sp³-hybridized carbons (Fsp3) is 0.250. The number of aryl methyl sites for hydroxylation is 2. The number of allylic oxidation sites excluding steroid dienone is 1. The van der Waals surface area contributed by atoms with Gasteiger partial charge in [-0.25, -0.2) is 0 Å². The Kier molecular flexibility index (Phi) is 3.80. The summed E-state index contributed by atoms with van der Waals surface area (Å²) in [5.74, 6) is 0.906. The number of thiophene rings is 1. The van der Waals surface area contributed by atoms with Crippen LogP contribution in [0, 0.1) is 6.92 Å². The van der Waals surface area contributed by atoms with Crippen molar-refractivity contribution in [2.75, 3.05) is 0 Å².